The molecule has 1 aromatic carbocycles. The van der Waals surface area contributed by atoms with Crippen molar-refractivity contribution in [1.29, 1.82) is 0 Å². The highest BCUT2D eigenvalue weighted by Gasteiger charge is 2.54. The predicted molar refractivity (Wildman–Crippen MR) is 136 cm³/mol. The number of nitrogens with one attached hydrogen (secondary N) is 2. The number of carbonyl (C=O) groups is 3. The van der Waals surface area contributed by atoms with Gasteiger partial charge in [0.25, 0.3) is 0 Å². The van der Waals surface area contributed by atoms with Gasteiger partial charge < -0.3 is 15.5 Å². The first kappa shape index (κ1) is 24.3. The highest BCUT2D eigenvalue weighted by Crippen LogP contribution is 2.60. The molecule has 4 aliphatic carbocycles. The molecular formula is C28H40N4O3. The number of nitrogens with zero attached hydrogens (tertiary/aromatic N) is 2. The van der Waals surface area contributed by atoms with Crippen molar-refractivity contribution < 1.29 is 14.4 Å². The van der Waals surface area contributed by atoms with E-state index in [4.69, 9.17) is 0 Å². The summed E-state index contributed by atoms with van der Waals surface area (Å²) in [6.45, 7) is 7.37. The third-order valence-electron chi connectivity index (χ3n) is 8.98. The Labute approximate surface area is 209 Å². The molecular weight excluding hydrogens is 440 g/mol. The van der Waals surface area contributed by atoms with E-state index < -0.39 is 0 Å². The van der Waals surface area contributed by atoms with Crippen molar-refractivity contribution in [3.63, 3.8) is 0 Å². The number of rotatable bonds is 7. The van der Waals surface area contributed by atoms with Gasteiger partial charge in [-0.2, -0.15) is 0 Å². The Kier molecular flexibility index (Phi) is 6.88. The molecule has 2 N–H and O–H groups in total. The molecule has 1 aliphatic heterocycles. The van der Waals surface area contributed by atoms with E-state index in [1.807, 2.05) is 36.9 Å². The monoisotopic (exact) mass is 480 g/mol. The lowest BCUT2D eigenvalue weighted by atomic mass is 9.49. The molecule has 5 aliphatic rings. The number of para-hydroxylation sites is 1. The molecule has 35 heavy (non-hydrogen) atoms. The van der Waals surface area contributed by atoms with Crippen LogP contribution in [0, 0.1) is 37.0 Å². The van der Waals surface area contributed by atoms with Crippen molar-refractivity contribution in [2.75, 3.05) is 44.6 Å². The summed E-state index contributed by atoms with van der Waals surface area (Å²) in [6, 6.07) is 5.99. The van der Waals surface area contributed by atoms with Crippen LogP contribution in [0.15, 0.2) is 18.2 Å². The molecule has 4 saturated carbocycles. The van der Waals surface area contributed by atoms with Crippen LogP contribution in [0.5, 0.6) is 0 Å². The number of amides is 3. The van der Waals surface area contributed by atoms with Crippen LogP contribution in [-0.4, -0.2) is 66.8 Å². The number of hydrogen-bond donors (Lipinski definition) is 2. The molecule has 0 radical (unpaired) electrons. The summed E-state index contributed by atoms with van der Waals surface area (Å²) in [7, 11) is 0. The molecule has 7 nitrogen and oxygen atoms in total. The van der Waals surface area contributed by atoms with Crippen LogP contribution in [0.25, 0.3) is 0 Å². The summed E-state index contributed by atoms with van der Waals surface area (Å²) in [6.07, 6.45) is 7.48. The van der Waals surface area contributed by atoms with Crippen molar-refractivity contribution in [2.45, 2.75) is 58.8 Å². The Hall–Kier alpha value is -2.41. The van der Waals surface area contributed by atoms with Crippen LogP contribution < -0.4 is 10.6 Å². The van der Waals surface area contributed by atoms with Crippen LogP contribution >= 0.6 is 0 Å². The topological polar surface area (TPSA) is 81.8 Å². The van der Waals surface area contributed by atoms with Crippen molar-refractivity contribution >= 4 is 23.4 Å². The first-order chi connectivity index (χ1) is 16.8. The largest absolute Gasteiger partial charge is 0.355 e. The summed E-state index contributed by atoms with van der Waals surface area (Å²) in [5, 5.41) is 6.17. The standard InChI is InChI=1S/C28H40N4O3/c1-19-4-3-5-20(2)26(19)30-24(33)18-31-8-10-32(11-9-31)25(34)6-7-29-27(35)28-15-21-12-22(16-28)14-23(13-21)17-28/h3-5,21-23H,6-18H2,1-2H3,(H,29,35)(H,30,33). The van der Waals surface area contributed by atoms with Crippen molar-refractivity contribution in [1.82, 2.24) is 15.1 Å². The number of aryl methyl sites for hydroxylation is 2. The van der Waals surface area contributed by atoms with Crippen LogP contribution in [0.2, 0.25) is 0 Å². The van der Waals surface area contributed by atoms with Gasteiger partial charge in [-0.25, -0.2) is 0 Å². The van der Waals surface area contributed by atoms with Crippen LogP contribution in [0.4, 0.5) is 5.69 Å². The van der Waals surface area contributed by atoms with Gasteiger partial charge in [-0.15, -0.1) is 0 Å². The summed E-state index contributed by atoms with van der Waals surface area (Å²) in [4.78, 5) is 42.4. The maximum atomic E-state index is 13.1. The van der Waals surface area contributed by atoms with Gasteiger partial charge in [0.15, 0.2) is 0 Å². The first-order valence-corrected chi connectivity index (χ1v) is 13.5. The van der Waals surface area contributed by atoms with E-state index in [-0.39, 0.29) is 23.1 Å². The molecule has 1 aromatic rings. The fourth-order valence-corrected chi connectivity index (χ4v) is 7.57. The van der Waals surface area contributed by atoms with Crippen molar-refractivity contribution in [3.8, 4) is 0 Å². The Morgan fingerprint density at radius 3 is 2.06 bits per heavy atom. The minimum atomic E-state index is -0.152. The fraction of sp³-hybridized carbons (Fsp3) is 0.679. The third kappa shape index (κ3) is 5.25. The minimum Gasteiger partial charge on any atom is -0.355 e. The number of carbonyl (C=O) groups excluding carboxylic acids is 3. The van der Waals surface area contributed by atoms with Gasteiger partial charge >= 0.3 is 0 Å². The van der Waals surface area contributed by atoms with E-state index in [9.17, 15) is 14.4 Å². The van der Waals surface area contributed by atoms with Gasteiger partial charge in [-0.05, 0) is 81.3 Å². The second kappa shape index (κ2) is 9.92. The lowest BCUT2D eigenvalue weighted by molar-refractivity contribution is -0.146. The van der Waals surface area contributed by atoms with E-state index in [0.29, 0.717) is 45.7 Å². The summed E-state index contributed by atoms with van der Waals surface area (Å²) < 4.78 is 0. The van der Waals surface area contributed by atoms with Crippen LogP contribution in [0.3, 0.4) is 0 Å². The molecule has 0 spiro atoms. The van der Waals surface area contributed by atoms with Gasteiger partial charge in [-0.3, -0.25) is 19.3 Å². The molecule has 0 unspecified atom stereocenters. The molecule has 1 saturated heterocycles. The number of benzene rings is 1. The molecule has 7 heteroatoms. The quantitative estimate of drug-likeness (QED) is 0.628. The van der Waals surface area contributed by atoms with Crippen LogP contribution in [-0.2, 0) is 14.4 Å². The summed E-state index contributed by atoms with van der Waals surface area (Å²) in [5.74, 6) is 2.50. The Morgan fingerprint density at radius 1 is 0.914 bits per heavy atom. The van der Waals surface area contributed by atoms with Crippen LogP contribution in [0.1, 0.15) is 56.1 Å². The zero-order valence-electron chi connectivity index (χ0n) is 21.3. The van der Waals surface area contributed by atoms with Gasteiger partial charge in [0.2, 0.25) is 17.7 Å². The lowest BCUT2D eigenvalue weighted by Crippen LogP contribution is -2.54. The van der Waals surface area contributed by atoms with Gasteiger partial charge in [-0.1, -0.05) is 18.2 Å². The second-order valence-electron chi connectivity index (χ2n) is 11.7. The van der Waals surface area contributed by atoms with E-state index >= 15 is 0 Å². The summed E-state index contributed by atoms with van der Waals surface area (Å²) in [5.41, 5.74) is 2.86. The van der Waals surface area contributed by atoms with Gasteiger partial charge in [0.1, 0.15) is 0 Å². The maximum Gasteiger partial charge on any atom is 0.238 e. The number of hydrogen-bond acceptors (Lipinski definition) is 4. The Balaban J connectivity index is 1.02. The van der Waals surface area contributed by atoms with Crippen molar-refractivity contribution in [3.05, 3.63) is 29.3 Å². The van der Waals surface area contributed by atoms with E-state index in [1.165, 1.54) is 19.3 Å². The molecule has 0 atom stereocenters. The zero-order chi connectivity index (χ0) is 24.6. The fourth-order valence-electron chi connectivity index (χ4n) is 7.57. The average Bonchev–Trinajstić information content (AvgIpc) is 2.81. The Bertz CT molecular complexity index is 927. The first-order valence-electron chi connectivity index (χ1n) is 13.5. The average molecular weight is 481 g/mol. The normalized spacial score (nSPS) is 29.8. The minimum absolute atomic E-state index is 0.0189. The summed E-state index contributed by atoms with van der Waals surface area (Å²) >= 11 is 0. The number of anilines is 1. The lowest BCUT2D eigenvalue weighted by Gasteiger charge is -2.55. The van der Waals surface area contributed by atoms with Gasteiger partial charge in [0.05, 0.1) is 6.54 Å². The highest BCUT2D eigenvalue weighted by atomic mass is 16.2. The molecule has 190 valence electrons. The SMILES string of the molecule is Cc1cccc(C)c1NC(=O)CN1CCN(C(=O)CCNC(=O)C23CC4CC(CC(C4)C2)C3)CC1. The predicted octanol–water partition coefficient (Wildman–Crippen LogP) is 3.11. The second-order valence-corrected chi connectivity index (χ2v) is 11.7. The Morgan fingerprint density at radius 2 is 1.49 bits per heavy atom. The third-order valence-corrected chi connectivity index (χ3v) is 8.98. The zero-order valence-corrected chi connectivity index (χ0v) is 21.3. The highest BCUT2D eigenvalue weighted by molar-refractivity contribution is 5.93. The van der Waals surface area contributed by atoms with E-state index in [1.54, 1.807) is 0 Å². The van der Waals surface area contributed by atoms with Crippen molar-refractivity contribution in [2.24, 2.45) is 23.2 Å². The van der Waals surface area contributed by atoms with E-state index in [2.05, 4.69) is 15.5 Å². The van der Waals surface area contributed by atoms with Gasteiger partial charge in [0, 0.05) is 50.2 Å². The molecule has 6 rings (SSSR count). The number of piperazine rings is 1. The molecule has 5 fully saturated rings. The molecule has 1 heterocycles. The maximum absolute atomic E-state index is 13.1. The molecule has 3 amide bonds. The molecule has 0 aromatic heterocycles. The van der Waals surface area contributed by atoms with E-state index in [0.717, 1.165) is 53.8 Å². The molecule has 4 bridgehead atoms. The smallest absolute Gasteiger partial charge is 0.238 e.